The summed E-state index contributed by atoms with van der Waals surface area (Å²) in [5, 5.41) is 6.35. The van der Waals surface area contributed by atoms with Gasteiger partial charge in [0, 0.05) is 23.9 Å². The van der Waals surface area contributed by atoms with E-state index in [0.29, 0.717) is 15.7 Å². The molecule has 2 amide bonds. The van der Waals surface area contributed by atoms with Gasteiger partial charge in [-0.2, -0.15) is 5.01 Å². The van der Waals surface area contributed by atoms with Crippen molar-refractivity contribution in [3.8, 4) is 5.69 Å². The second-order valence-corrected chi connectivity index (χ2v) is 14.4. The molecule has 1 aliphatic heterocycles. The Bertz CT molecular complexity index is 1530. The van der Waals surface area contributed by atoms with Crippen molar-refractivity contribution in [3.05, 3.63) is 72.4 Å². The number of anilines is 2. The van der Waals surface area contributed by atoms with E-state index in [1.165, 1.54) is 113 Å². The molecule has 0 atom stereocenters. The summed E-state index contributed by atoms with van der Waals surface area (Å²) in [6, 6.07) is 9.83. The number of aromatic nitrogens is 2. The summed E-state index contributed by atoms with van der Waals surface area (Å²) in [5.74, 6) is -0.627. The van der Waals surface area contributed by atoms with Crippen molar-refractivity contribution in [1.29, 1.82) is 0 Å². The van der Waals surface area contributed by atoms with Crippen LogP contribution < -0.4 is 10.6 Å². The third-order valence-corrected chi connectivity index (χ3v) is 10.0. The van der Waals surface area contributed by atoms with E-state index in [2.05, 4.69) is 12.0 Å². The van der Waals surface area contributed by atoms with E-state index in [1.54, 1.807) is 6.07 Å². The van der Waals surface area contributed by atoms with Crippen LogP contribution in [0.2, 0.25) is 20.1 Å². The van der Waals surface area contributed by atoms with Gasteiger partial charge in [-0.05, 0) is 42.7 Å². The molecule has 7 nitrogen and oxygen atoms in total. The lowest BCUT2D eigenvalue weighted by atomic mass is 10.0. The molecule has 1 aromatic heterocycles. The number of carbonyl (C=O) groups excluding carboxylic acids is 2. The smallest absolute Gasteiger partial charge is 0.273 e. The second kappa shape index (κ2) is 19.7. The first-order chi connectivity index (χ1) is 23.2. The van der Waals surface area contributed by atoms with E-state index in [0.717, 1.165) is 34.5 Å². The maximum Gasteiger partial charge on any atom is 0.273 e. The molecule has 0 radical (unpaired) electrons. The van der Waals surface area contributed by atoms with Crippen molar-refractivity contribution >= 4 is 69.7 Å². The topological polar surface area (TPSA) is 78.4 Å². The summed E-state index contributed by atoms with van der Waals surface area (Å²) in [4.78, 5) is 39.2. The third-order valence-electron chi connectivity index (χ3n) is 8.92. The molecule has 0 spiro atoms. The van der Waals surface area contributed by atoms with Crippen molar-refractivity contribution in [2.45, 2.75) is 129 Å². The summed E-state index contributed by atoms with van der Waals surface area (Å²) < 4.78 is 1.16. The van der Waals surface area contributed by atoms with Gasteiger partial charge in [-0.15, -0.1) is 0 Å². The molecule has 2 heterocycles. The maximum atomic E-state index is 13.2. The van der Waals surface area contributed by atoms with Gasteiger partial charge in [0.1, 0.15) is 5.69 Å². The quantitative estimate of drug-likeness (QED) is 0.0872. The molecule has 48 heavy (non-hydrogen) atoms. The van der Waals surface area contributed by atoms with E-state index < -0.39 is 17.4 Å². The molecule has 4 rings (SSSR count). The van der Waals surface area contributed by atoms with Crippen molar-refractivity contribution in [2.24, 2.45) is 0 Å². The number of H-pyrrole nitrogens is 1. The number of rotatable bonds is 21. The van der Waals surface area contributed by atoms with E-state index in [4.69, 9.17) is 46.4 Å². The number of aryl methyl sites for hydroxylation is 1. The number of imide groups is 1. The number of hydrogen-bond donors (Lipinski definition) is 1. The lowest BCUT2D eigenvalue weighted by Gasteiger charge is -2.31. The molecular weight excluding hydrogens is 690 g/mol. The van der Waals surface area contributed by atoms with Crippen LogP contribution in [-0.2, 0) is 16.0 Å². The fraction of sp³-hybridized carbons (Fsp3) is 0.541. The lowest BCUT2D eigenvalue weighted by Crippen LogP contribution is -2.43. The van der Waals surface area contributed by atoms with Crippen LogP contribution in [0.5, 0.6) is 0 Å². The standard InChI is InChI=1S/C37H48Cl4N4O3/c1-2-3-4-5-6-7-8-9-10-11-12-13-14-15-16-17-18-27-19-20-29(39)32(23-27)44(45-34(46)21-22-35(45)47)33-26-36(48)43(42-33)37-30(40)24-28(38)25-31(37)41/h19-20,23-26,42H,2-18,21-22H2,1H3. The van der Waals surface area contributed by atoms with Crippen molar-refractivity contribution in [2.75, 3.05) is 5.01 Å². The van der Waals surface area contributed by atoms with E-state index in [9.17, 15) is 14.4 Å². The number of benzene rings is 2. The average Bonchev–Trinajstić information content (AvgIpc) is 3.58. The minimum absolute atomic E-state index is 0.0611. The SMILES string of the molecule is CCCCCCCCCCCCCCCCCCc1ccc(Cl)c(N(c2cc(=O)n(-c3c(Cl)cc(Cl)cc3Cl)[nH]2)N2C(=O)CCC2=O)c1. The fourth-order valence-corrected chi connectivity index (χ4v) is 7.48. The molecule has 11 heteroatoms. The second-order valence-electron chi connectivity index (χ2n) is 12.8. The fourth-order valence-electron chi connectivity index (χ4n) is 6.29. The molecule has 1 N–H and O–H groups in total. The highest BCUT2D eigenvalue weighted by atomic mass is 35.5. The van der Waals surface area contributed by atoms with Gasteiger partial charge in [0.15, 0.2) is 5.82 Å². The Hall–Kier alpha value is -2.45. The predicted octanol–water partition coefficient (Wildman–Crippen LogP) is 11.8. The zero-order chi connectivity index (χ0) is 34.5. The molecule has 1 aliphatic rings. The minimum Gasteiger partial charge on any atom is -0.274 e. The summed E-state index contributed by atoms with van der Waals surface area (Å²) in [6.45, 7) is 2.27. The number of carbonyl (C=O) groups is 2. The Morgan fingerprint density at radius 2 is 1.15 bits per heavy atom. The number of hydrazine groups is 1. The summed E-state index contributed by atoms with van der Waals surface area (Å²) >= 11 is 25.6. The molecule has 2 aromatic carbocycles. The highest BCUT2D eigenvalue weighted by Crippen LogP contribution is 2.37. The predicted molar refractivity (Wildman–Crippen MR) is 199 cm³/mol. The summed E-state index contributed by atoms with van der Waals surface area (Å²) in [7, 11) is 0. The Balaban J connectivity index is 1.33. The number of aromatic amines is 1. The molecule has 0 saturated carbocycles. The zero-order valence-electron chi connectivity index (χ0n) is 28.0. The van der Waals surface area contributed by atoms with Gasteiger partial charge >= 0.3 is 0 Å². The van der Waals surface area contributed by atoms with Gasteiger partial charge in [-0.1, -0.05) is 156 Å². The highest BCUT2D eigenvalue weighted by molar-refractivity contribution is 6.40. The Morgan fingerprint density at radius 3 is 1.67 bits per heavy atom. The first-order valence-electron chi connectivity index (χ1n) is 17.6. The first kappa shape index (κ1) is 38.4. The van der Waals surface area contributed by atoms with Crippen LogP contribution in [0.25, 0.3) is 5.69 Å². The zero-order valence-corrected chi connectivity index (χ0v) is 31.0. The van der Waals surface area contributed by atoms with Crippen LogP contribution >= 0.6 is 46.4 Å². The largest absolute Gasteiger partial charge is 0.274 e. The van der Waals surface area contributed by atoms with Crippen LogP contribution in [0, 0.1) is 0 Å². The average molecular weight is 739 g/mol. The maximum absolute atomic E-state index is 13.2. The Morgan fingerprint density at radius 1 is 0.646 bits per heavy atom. The van der Waals surface area contributed by atoms with Crippen LogP contribution in [0.1, 0.15) is 128 Å². The molecule has 0 bridgehead atoms. The summed E-state index contributed by atoms with van der Waals surface area (Å²) in [5.41, 5.74) is 1.13. The monoisotopic (exact) mass is 736 g/mol. The van der Waals surface area contributed by atoms with Crippen LogP contribution in [0.3, 0.4) is 0 Å². The Kier molecular flexibility index (Phi) is 15.7. The third kappa shape index (κ3) is 10.8. The number of amides is 2. The molecule has 1 saturated heterocycles. The number of hydrogen-bond acceptors (Lipinski definition) is 4. The van der Waals surface area contributed by atoms with Crippen molar-refractivity contribution < 1.29 is 9.59 Å². The molecule has 0 unspecified atom stereocenters. The van der Waals surface area contributed by atoms with Gasteiger partial charge in [0.05, 0.1) is 20.8 Å². The Labute approximate surface area is 304 Å². The van der Waals surface area contributed by atoms with E-state index in [-0.39, 0.29) is 34.4 Å². The van der Waals surface area contributed by atoms with E-state index in [1.807, 2.05) is 12.1 Å². The van der Waals surface area contributed by atoms with Crippen LogP contribution in [0.15, 0.2) is 41.2 Å². The van der Waals surface area contributed by atoms with Gasteiger partial charge in [-0.25, -0.2) is 9.69 Å². The number of nitrogens with one attached hydrogen (secondary N) is 1. The molecule has 1 fully saturated rings. The van der Waals surface area contributed by atoms with Gasteiger partial charge in [0.2, 0.25) is 11.8 Å². The highest BCUT2D eigenvalue weighted by Gasteiger charge is 2.37. The molecule has 0 aliphatic carbocycles. The summed E-state index contributed by atoms with van der Waals surface area (Å²) in [6.07, 6.45) is 21.9. The van der Waals surface area contributed by atoms with E-state index >= 15 is 0 Å². The minimum atomic E-state index is -0.499. The lowest BCUT2D eigenvalue weighted by molar-refractivity contribution is -0.138. The van der Waals surface area contributed by atoms with Crippen LogP contribution in [0.4, 0.5) is 11.5 Å². The van der Waals surface area contributed by atoms with Crippen molar-refractivity contribution in [3.63, 3.8) is 0 Å². The number of unbranched alkanes of at least 4 members (excludes halogenated alkanes) is 15. The molecule has 262 valence electrons. The molecule has 3 aromatic rings. The van der Waals surface area contributed by atoms with Crippen LogP contribution in [-0.4, -0.2) is 26.6 Å². The van der Waals surface area contributed by atoms with Gasteiger partial charge < -0.3 is 0 Å². The van der Waals surface area contributed by atoms with Gasteiger partial charge in [-0.3, -0.25) is 19.5 Å². The van der Waals surface area contributed by atoms with Gasteiger partial charge in [0.25, 0.3) is 5.56 Å². The number of halogens is 4. The normalized spacial score (nSPS) is 13.2. The number of nitrogens with zero attached hydrogens (tertiary/aromatic N) is 3. The molecular formula is C37H48Cl4N4O3. The first-order valence-corrected chi connectivity index (χ1v) is 19.1. The van der Waals surface area contributed by atoms with Crippen molar-refractivity contribution in [1.82, 2.24) is 14.8 Å².